The first-order valence-electron chi connectivity index (χ1n) is 3.24. The van der Waals surface area contributed by atoms with Crippen molar-refractivity contribution in [3.8, 4) is 0 Å². The van der Waals surface area contributed by atoms with Crippen LogP contribution in [-0.4, -0.2) is 29.4 Å². The van der Waals surface area contributed by atoms with Gasteiger partial charge in [-0.15, -0.1) is 0 Å². The zero-order chi connectivity index (χ0) is 6.69. The predicted molar refractivity (Wildman–Crippen MR) is 34.1 cm³/mol. The molecule has 3 N–H and O–H groups in total. The summed E-state index contributed by atoms with van der Waals surface area (Å²) in [6.45, 7) is 3.62. The summed E-state index contributed by atoms with van der Waals surface area (Å²) in [4.78, 5) is 0. The third-order valence-corrected chi connectivity index (χ3v) is 1.37. The Hall–Kier alpha value is -0.160. The van der Waals surface area contributed by atoms with Gasteiger partial charge in [-0.3, -0.25) is 0 Å². The topological polar surface area (TPSA) is 47.5 Å². The van der Waals surface area contributed by atoms with Crippen LogP contribution in [-0.2, 0) is 0 Å². The average Bonchev–Trinajstić information content (AvgIpc) is 1.90. The number of hydrogen-bond acceptors (Lipinski definition) is 4. The largest absolute Gasteiger partial charge is 0.377 e. The minimum absolute atomic E-state index is 0.405. The van der Waals surface area contributed by atoms with Crippen molar-refractivity contribution in [3.05, 3.63) is 0 Å². The van der Waals surface area contributed by atoms with Crippen LogP contribution in [0.5, 0.6) is 0 Å². The molecule has 0 radical (unpaired) electrons. The third kappa shape index (κ3) is 1.91. The van der Waals surface area contributed by atoms with Crippen molar-refractivity contribution in [2.45, 2.75) is 19.6 Å². The number of nitrogens with zero attached hydrogens (tertiary/aromatic N) is 1. The monoisotopic (exact) mass is 131 g/mol. The molecule has 1 fully saturated rings. The normalized spacial score (nSPS) is 26.0. The third-order valence-electron chi connectivity index (χ3n) is 1.37. The van der Waals surface area contributed by atoms with Gasteiger partial charge in [0.2, 0.25) is 0 Å². The molecule has 1 heterocycles. The number of hydrogen-bond donors (Lipinski definition) is 3. The molecule has 4 heteroatoms. The molecule has 0 spiro atoms. The predicted octanol–water partition coefficient (Wildman–Crippen LogP) is -0.960. The van der Waals surface area contributed by atoms with E-state index in [0.717, 1.165) is 19.5 Å². The lowest BCUT2D eigenvalue weighted by Crippen LogP contribution is -2.55. The van der Waals surface area contributed by atoms with Crippen molar-refractivity contribution in [1.29, 1.82) is 0 Å². The first kappa shape index (κ1) is 6.95. The molecular weight excluding hydrogens is 118 g/mol. The summed E-state index contributed by atoms with van der Waals surface area (Å²) in [5, 5.41) is 10.8. The molecule has 1 aliphatic rings. The van der Waals surface area contributed by atoms with E-state index in [4.69, 9.17) is 5.11 Å². The Labute approximate surface area is 54.8 Å². The highest BCUT2D eigenvalue weighted by Crippen LogP contribution is 1.94. The molecule has 1 atom stereocenters. The lowest BCUT2D eigenvalue weighted by Gasteiger charge is -2.30. The second kappa shape index (κ2) is 3.12. The first-order valence-corrected chi connectivity index (χ1v) is 3.24. The molecule has 1 aliphatic heterocycles. The quantitative estimate of drug-likeness (QED) is 0.429. The fourth-order valence-corrected chi connectivity index (χ4v) is 0.831. The van der Waals surface area contributed by atoms with Crippen molar-refractivity contribution in [1.82, 2.24) is 16.0 Å². The Balaban J connectivity index is 2.23. The van der Waals surface area contributed by atoms with Gasteiger partial charge in [0.05, 0.1) is 0 Å². The van der Waals surface area contributed by atoms with Gasteiger partial charge in [0.1, 0.15) is 6.23 Å². The van der Waals surface area contributed by atoms with E-state index in [1.807, 2.05) is 0 Å². The van der Waals surface area contributed by atoms with Crippen molar-refractivity contribution >= 4 is 0 Å². The van der Waals surface area contributed by atoms with E-state index in [-0.39, 0.29) is 0 Å². The SMILES string of the molecule is CC(O)N1CCCNN1. The molecule has 4 nitrogen and oxygen atoms in total. The molecule has 1 unspecified atom stereocenters. The molecule has 9 heavy (non-hydrogen) atoms. The summed E-state index contributed by atoms with van der Waals surface area (Å²) in [7, 11) is 0. The molecule has 0 aromatic heterocycles. The van der Waals surface area contributed by atoms with Gasteiger partial charge in [-0.05, 0) is 13.3 Å². The Morgan fingerprint density at radius 3 is 2.78 bits per heavy atom. The Morgan fingerprint density at radius 1 is 1.67 bits per heavy atom. The number of rotatable bonds is 1. The standard InChI is InChI=1S/C5H13N3O/c1-5(9)8-4-2-3-6-7-8/h5-7,9H,2-4H2,1H3. The Bertz CT molecular complexity index is 80.3. The van der Waals surface area contributed by atoms with Gasteiger partial charge in [0.15, 0.2) is 0 Å². The van der Waals surface area contributed by atoms with Crippen molar-refractivity contribution in [2.24, 2.45) is 0 Å². The zero-order valence-electron chi connectivity index (χ0n) is 5.59. The summed E-state index contributed by atoms with van der Waals surface area (Å²) in [6.07, 6.45) is 0.676. The Morgan fingerprint density at radius 2 is 2.44 bits per heavy atom. The van der Waals surface area contributed by atoms with Gasteiger partial charge in [-0.2, -0.15) is 5.53 Å². The maximum atomic E-state index is 9.00. The highest BCUT2D eigenvalue weighted by molar-refractivity contribution is 4.57. The molecule has 0 aromatic carbocycles. The number of aliphatic hydroxyl groups is 1. The second-order valence-corrected chi connectivity index (χ2v) is 2.22. The van der Waals surface area contributed by atoms with E-state index in [1.54, 1.807) is 11.9 Å². The number of nitrogens with one attached hydrogen (secondary N) is 2. The smallest absolute Gasteiger partial charge is 0.118 e. The molecule has 54 valence electrons. The minimum Gasteiger partial charge on any atom is -0.377 e. The van der Waals surface area contributed by atoms with E-state index in [0.29, 0.717) is 0 Å². The number of aliphatic hydroxyl groups excluding tert-OH is 1. The van der Waals surface area contributed by atoms with Crippen LogP contribution in [0.15, 0.2) is 0 Å². The summed E-state index contributed by atoms with van der Waals surface area (Å²) in [5.74, 6) is 0. The van der Waals surface area contributed by atoms with Crippen LogP contribution in [0.25, 0.3) is 0 Å². The lowest BCUT2D eigenvalue weighted by molar-refractivity contribution is -0.0460. The van der Waals surface area contributed by atoms with Crippen LogP contribution in [0.3, 0.4) is 0 Å². The molecule has 0 bridgehead atoms. The van der Waals surface area contributed by atoms with Gasteiger partial charge in [-0.1, -0.05) is 0 Å². The fourth-order valence-electron chi connectivity index (χ4n) is 0.831. The molecule has 1 rings (SSSR count). The van der Waals surface area contributed by atoms with Crippen LogP contribution in [0.4, 0.5) is 0 Å². The molecular formula is C5H13N3O. The zero-order valence-corrected chi connectivity index (χ0v) is 5.59. The van der Waals surface area contributed by atoms with Crippen molar-refractivity contribution in [3.63, 3.8) is 0 Å². The first-order chi connectivity index (χ1) is 4.30. The van der Waals surface area contributed by atoms with Gasteiger partial charge < -0.3 is 5.11 Å². The van der Waals surface area contributed by atoms with Gasteiger partial charge >= 0.3 is 0 Å². The molecule has 1 saturated heterocycles. The lowest BCUT2D eigenvalue weighted by atomic mass is 10.4. The highest BCUT2D eigenvalue weighted by Gasteiger charge is 2.12. The second-order valence-electron chi connectivity index (χ2n) is 2.22. The van der Waals surface area contributed by atoms with Gasteiger partial charge in [-0.25, -0.2) is 10.4 Å². The van der Waals surface area contributed by atoms with E-state index in [9.17, 15) is 0 Å². The maximum Gasteiger partial charge on any atom is 0.118 e. The Kier molecular flexibility index (Phi) is 2.41. The van der Waals surface area contributed by atoms with Crippen LogP contribution < -0.4 is 11.0 Å². The number of hydrazine groups is 2. The summed E-state index contributed by atoms with van der Waals surface area (Å²) in [5.41, 5.74) is 5.78. The summed E-state index contributed by atoms with van der Waals surface area (Å²) in [6, 6.07) is 0. The fraction of sp³-hybridized carbons (Fsp3) is 1.00. The van der Waals surface area contributed by atoms with E-state index >= 15 is 0 Å². The van der Waals surface area contributed by atoms with Crippen LogP contribution in [0, 0.1) is 0 Å². The van der Waals surface area contributed by atoms with Crippen molar-refractivity contribution < 1.29 is 5.11 Å². The van der Waals surface area contributed by atoms with Crippen LogP contribution >= 0.6 is 0 Å². The van der Waals surface area contributed by atoms with Crippen LogP contribution in [0.1, 0.15) is 13.3 Å². The van der Waals surface area contributed by atoms with E-state index < -0.39 is 6.23 Å². The van der Waals surface area contributed by atoms with E-state index in [2.05, 4.69) is 11.0 Å². The molecule has 0 aliphatic carbocycles. The van der Waals surface area contributed by atoms with Gasteiger partial charge in [0.25, 0.3) is 0 Å². The molecule has 0 amide bonds. The minimum atomic E-state index is -0.405. The highest BCUT2D eigenvalue weighted by atomic mass is 16.3. The summed E-state index contributed by atoms with van der Waals surface area (Å²) < 4.78 is 0. The molecule has 0 saturated carbocycles. The van der Waals surface area contributed by atoms with E-state index in [1.165, 1.54) is 0 Å². The maximum absolute atomic E-state index is 9.00. The average molecular weight is 131 g/mol. The summed E-state index contributed by atoms with van der Waals surface area (Å²) >= 11 is 0. The van der Waals surface area contributed by atoms with Crippen LogP contribution in [0.2, 0.25) is 0 Å². The molecule has 0 aromatic rings. The van der Waals surface area contributed by atoms with Gasteiger partial charge in [0, 0.05) is 13.1 Å². The van der Waals surface area contributed by atoms with Crippen molar-refractivity contribution in [2.75, 3.05) is 13.1 Å².